The monoisotopic (exact) mass is 267 g/mol. The quantitative estimate of drug-likeness (QED) is 0.392. The van der Waals surface area contributed by atoms with Crippen LogP contribution in [0.2, 0.25) is 5.15 Å². The first-order chi connectivity index (χ1) is 8.10. The van der Waals surface area contributed by atoms with E-state index in [1.54, 1.807) is 0 Å². The van der Waals surface area contributed by atoms with Crippen LogP contribution in [-0.2, 0) is 0 Å². The maximum absolute atomic E-state index is 5.92. The van der Waals surface area contributed by atoms with Crippen LogP contribution in [0.4, 0.5) is 5.69 Å². The predicted molar refractivity (Wildman–Crippen MR) is 73.5 cm³/mol. The Morgan fingerprint density at radius 1 is 1.41 bits per heavy atom. The molecule has 0 aliphatic rings. The average Bonchev–Trinajstić information content (AvgIpc) is 2.28. The van der Waals surface area contributed by atoms with Gasteiger partial charge in [0.25, 0.3) is 0 Å². The molecule has 0 radical (unpaired) electrons. The number of hydrogen-bond donors (Lipinski definition) is 1. The van der Waals surface area contributed by atoms with E-state index < -0.39 is 0 Å². The molecule has 0 fully saturated rings. The lowest BCUT2D eigenvalue weighted by Crippen LogP contribution is -2.12. The lowest BCUT2D eigenvalue weighted by molar-refractivity contribution is 1.36. The topological polar surface area (TPSA) is 51.3 Å². The number of alkyl halides is 1. The minimum absolute atomic E-state index is 0.208. The number of benzene rings is 1. The van der Waals surface area contributed by atoms with E-state index in [0.29, 0.717) is 11.0 Å². The molecule has 1 heterocycles. The van der Waals surface area contributed by atoms with Crippen LogP contribution in [0.5, 0.6) is 0 Å². The minimum Gasteiger partial charge on any atom is -0.386 e. The molecule has 0 bridgehead atoms. The molecule has 0 saturated carbocycles. The second kappa shape index (κ2) is 4.90. The summed E-state index contributed by atoms with van der Waals surface area (Å²) in [5, 5.41) is 1.53. The van der Waals surface area contributed by atoms with Crippen molar-refractivity contribution in [3.05, 3.63) is 35.0 Å². The fourth-order valence-corrected chi connectivity index (χ4v) is 1.93. The fraction of sp³-hybridized carbons (Fsp3) is 0.167. The van der Waals surface area contributed by atoms with Gasteiger partial charge in [-0.25, -0.2) is 9.98 Å². The third-order valence-corrected chi connectivity index (χ3v) is 2.85. The molecular formula is C12H11Cl2N3. The Bertz CT molecular complexity index is 594. The highest BCUT2D eigenvalue weighted by Gasteiger charge is 2.02. The smallest absolute Gasteiger partial charge is 0.130 e. The van der Waals surface area contributed by atoms with E-state index in [2.05, 4.69) is 9.98 Å². The van der Waals surface area contributed by atoms with Crippen molar-refractivity contribution in [2.24, 2.45) is 10.7 Å². The molecule has 2 rings (SSSR count). The highest BCUT2D eigenvalue weighted by molar-refractivity contribution is 6.30. The molecule has 0 saturated heterocycles. The van der Waals surface area contributed by atoms with Crippen LogP contribution in [0.15, 0.2) is 29.3 Å². The van der Waals surface area contributed by atoms with E-state index in [1.165, 1.54) is 0 Å². The number of fused-ring (bicyclic) bond motifs is 1. The van der Waals surface area contributed by atoms with Gasteiger partial charge in [0.2, 0.25) is 0 Å². The lowest BCUT2D eigenvalue weighted by Gasteiger charge is -2.03. The van der Waals surface area contributed by atoms with Crippen LogP contribution in [-0.4, -0.2) is 16.7 Å². The molecule has 1 aromatic heterocycles. The lowest BCUT2D eigenvalue weighted by atomic mass is 10.1. The Morgan fingerprint density at radius 2 is 2.18 bits per heavy atom. The Hall–Kier alpha value is -1.32. The molecular weight excluding hydrogens is 257 g/mol. The highest BCUT2D eigenvalue weighted by Crippen LogP contribution is 2.24. The first-order valence-electron chi connectivity index (χ1n) is 5.06. The average molecular weight is 268 g/mol. The van der Waals surface area contributed by atoms with Crippen molar-refractivity contribution in [2.45, 2.75) is 6.92 Å². The van der Waals surface area contributed by atoms with E-state index in [9.17, 15) is 0 Å². The van der Waals surface area contributed by atoms with E-state index in [4.69, 9.17) is 28.9 Å². The van der Waals surface area contributed by atoms with Gasteiger partial charge >= 0.3 is 0 Å². The van der Waals surface area contributed by atoms with Gasteiger partial charge in [-0.2, -0.15) is 0 Å². The van der Waals surface area contributed by atoms with Crippen molar-refractivity contribution in [3.63, 3.8) is 0 Å². The van der Waals surface area contributed by atoms with Crippen LogP contribution in [0.3, 0.4) is 0 Å². The molecule has 0 atom stereocenters. The van der Waals surface area contributed by atoms with Gasteiger partial charge in [0.15, 0.2) is 0 Å². The van der Waals surface area contributed by atoms with Crippen molar-refractivity contribution in [2.75, 3.05) is 5.88 Å². The van der Waals surface area contributed by atoms with Gasteiger partial charge in [0, 0.05) is 5.39 Å². The zero-order valence-electron chi connectivity index (χ0n) is 9.24. The van der Waals surface area contributed by atoms with Crippen LogP contribution < -0.4 is 5.73 Å². The SMILES string of the molecule is Cc1cc(Cl)nc2cc(N=C(N)CCl)ccc12. The molecule has 0 aliphatic heterocycles. The number of pyridine rings is 1. The standard InChI is InChI=1S/C12H11Cl2N3/c1-7-4-11(14)17-10-5-8(2-3-9(7)10)16-12(15)6-13/h2-5H,6H2,1H3,(H2,15,16). The summed E-state index contributed by atoms with van der Waals surface area (Å²) in [7, 11) is 0. The number of halogens is 2. The van der Waals surface area contributed by atoms with Crippen molar-refractivity contribution in [1.29, 1.82) is 0 Å². The number of aromatic nitrogens is 1. The molecule has 1 aromatic carbocycles. The third kappa shape index (κ3) is 2.68. The molecule has 0 unspecified atom stereocenters. The van der Waals surface area contributed by atoms with Gasteiger partial charge in [-0.1, -0.05) is 17.7 Å². The van der Waals surface area contributed by atoms with E-state index >= 15 is 0 Å². The first kappa shape index (κ1) is 12.1. The number of amidine groups is 1. The van der Waals surface area contributed by atoms with E-state index in [1.807, 2.05) is 31.2 Å². The second-order valence-corrected chi connectivity index (χ2v) is 4.35. The molecule has 17 heavy (non-hydrogen) atoms. The Balaban J connectivity index is 2.58. The Kier molecular flexibility index (Phi) is 3.50. The van der Waals surface area contributed by atoms with E-state index in [-0.39, 0.29) is 5.88 Å². The first-order valence-corrected chi connectivity index (χ1v) is 5.97. The summed E-state index contributed by atoms with van der Waals surface area (Å²) in [4.78, 5) is 8.42. The number of nitrogens with zero attached hydrogens (tertiary/aromatic N) is 2. The maximum Gasteiger partial charge on any atom is 0.130 e. The zero-order chi connectivity index (χ0) is 12.4. The summed E-state index contributed by atoms with van der Waals surface area (Å²) in [6.45, 7) is 1.99. The molecule has 2 aromatic rings. The van der Waals surface area contributed by atoms with Gasteiger partial charge in [-0.3, -0.25) is 0 Å². The molecule has 3 nitrogen and oxygen atoms in total. The highest BCUT2D eigenvalue weighted by atomic mass is 35.5. The minimum atomic E-state index is 0.208. The number of nitrogens with two attached hydrogens (primary N) is 1. The molecule has 0 aliphatic carbocycles. The molecule has 88 valence electrons. The molecule has 2 N–H and O–H groups in total. The van der Waals surface area contributed by atoms with Crippen LogP contribution in [0, 0.1) is 6.92 Å². The Labute approximate surface area is 109 Å². The normalized spacial score (nSPS) is 12.1. The van der Waals surface area contributed by atoms with Crippen molar-refractivity contribution >= 4 is 45.6 Å². The van der Waals surface area contributed by atoms with Crippen molar-refractivity contribution in [3.8, 4) is 0 Å². The Morgan fingerprint density at radius 3 is 2.88 bits per heavy atom. The van der Waals surface area contributed by atoms with Crippen molar-refractivity contribution in [1.82, 2.24) is 4.98 Å². The summed E-state index contributed by atoms with van der Waals surface area (Å²) >= 11 is 11.5. The third-order valence-electron chi connectivity index (χ3n) is 2.38. The van der Waals surface area contributed by atoms with Gasteiger partial charge in [-0.05, 0) is 30.7 Å². The van der Waals surface area contributed by atoms with Gasteiger partial charge < -0.3 is 5.73 Å². The molecule has 0 spiro atoms. The zero-order valence-corrected chi connectivity index (χ0v) is 10.8. The molecule has 5 heteroatoms. The number of hydrogen-bond acceptors (Lipinski definition) is 2. The second-order valence-electron chi connectivity index (χ2n) is 3.70. The summed E-state index contributed by atoms with van der Waals surface area (Å²) < 4.78 is 0. The van der Waals surface area contributed by atoms with Crippen LogP contribution in [0.25, 0.3) is 10.9 Å². The number of aryl methyl sites for hydroxylation is 1. The van der Waals surface area contributed by atoms with Gasteiger partial charge in [-0.15, -0.1) is 11.6 Å². The summed E-state index contributed by atoms with van der Waals surface area (Å²) in [5.41, 5.74) is 8.20. The summed E-state index contributed by atoms with van der Waals surface area (Å²) in [5.74, 6) is 0.588. The van der Waals surface area contributed by atoms with Gasteiger partial charge in [0.05, 0.1) is 17.1 Å². The largest absolute Gasteiger partial charge is 0.386 e. The summed E-state index contributed by atoms with van der Waals surface area (Å²) in [6, 6.07) is 7.51. The maximum atomic E-state index is 5.92. The number of rotatable bonds is 2. The van der Waals surface area contributed by atoms with Gasteiger partial charge in [0.1, 0.15) is 11.0 Å². The van der Waals surface area contributed by atoms with Crippen molar-refractivity contribution < 1.29 is 0 Å². The van der Waals surface area contributed by atoms with Crippen LogP contribution >= 0.6 is 23.2 Å². The van der Waals surface area contributed by atoms with E-state index in [0.717, 1.165) is 22.2 Å². The van der Waals surface area contributed by atoms with Crippen LogP contribution in [0.1, 0.15) is 5.56 Å². The number of aliphatic imine (C=N–C) groups is 1. The molecule has 0 amide bonds. The predicted octanol–water partition coefficient (Wildman–Crippen LogP) is 3.42. The fourth-order valence-electron chi connectivity index (χ4n) is 1.61. The summed E-state index contributed by atoms with van der Waals surface area (Å²) in [6.07, 6.45) is 0.